The summed E-state index contributed by atoms with van der Waals surface area (Å²) in [5, 5.41) is 0. The van der Waals surface area contributed by atoms with E-state index in [1.807, 2.05) is 0 Å². The molecule has 0 radical (unpaired) electrons. The van der Waals surface area contributed by atoms with Crippen LogP contribution in [-0.4, -0.2) is 11.0 Å². The van der Waals surface area contributed by atoms with Crippen molar-refractivity contribution in [1.82, 2.24) is 0 Å². The molecule has 0 aliphatic heterocycles. The number of hydrogen-bond acceptors (Lipinski definition) is 1. The van der Waals surface area contributed by atoms with Crippen LogP contribution in [0.15, 0.2) is 0 Å². The molecule has 0 saturated carbocycles. The number of rotatable bonds is 0. The normalized spacial score (nSPS) is 14.3. The average molecular weight is 185 g/mol. The average Bonchev–Trinajstić information content (AvgIpc) is 1.59. The van der Waals surface area contributed by atoms with Gasteiger partial charge in [-0.3, -0.25) is 4.78 Å². The van der Waals surface area contributed by atoms with E-state index >= 15 is 0 Å². The van der Waals surface area contributed by atoms with Gasteiger partial charge in [-0.15, -0.1) is 0 Å². The van der Waals surface area contributed by atoms with Crippen LogP contribution in [0, 0.1) is 4.78 Å². The summed E-state index contributed by atoms with van der Waals surface area (Å²) < 4.78 is 72.0. The van der Waals surface area contributed by atoms with E-state index in [0.717, 1.165) is 0 Å². The highest BCUT2D eigenvalue weighted by atomic mass is 32.2. The molecule has 0 saturated heterocycles. The van der Waals surface area contributed by atoms with Gasteiger partial charge in [0.05, 0.1) is 0 Å². The lowest BCUT2D eigenvalue weighted by Gasteiger charge is -2.11. The first-order valence-electron chi connectivity index (χ1n) is 1.75. The predicted molar refractivity (Wildman–Crippen MR) is 22.2 cm³/mol. The summed E-state index contributed by atoms with van der Waals surface area (Å²) in [5.41, 5.74) is -11.0. The van der Waals surface area contributed by atoms with Crippen molar-refractivity contribution in [1.29, 1.82) is 4.78 Å². The molecule has 0 aromatic carbocycles. The second kappa shape index (κ2) is 2.40. The van der Waals surface area contributed by atoms with Gasteiger partial charge < -0.3 is 0 Å². The Morgan fingerprint density at radius 2 is 1.00 bits per heavy atom. The number of hydrogen-bond donors (Lipinski definition) is 1. The first-order valence-corrected chi connectivity index (χ1v) is 2.97. The molecular formula is C2HF6NS. The van der Waals surface area contributed by atoms with Gasteiger partial charge in [0.25, 0.3) is 0 Å². The van der Waals surface area contributed by atoms with E-state index in [-0.39, 0.29) is 0 Å². The Morgan fingerprint density at radius 1 is 0.800 bits per heavy atom. The predicted octanol–water partition coefficient (Wildman–Crippen LogP) is 2.41. The molecule has 0 aliphatic carbocycles. The summed E-state index contributed by atoms with van der Waals surface area (Å²) in [6.45, 7) is 0. The van der Waals surface area contributed by atoms with Crippen LogP contribution in [0.4, 0.5) is 26.3 Å². The van der Waals surface area contributed by atoms with Crippen molar-refractivity contribution in [3.8, 4) is 0 Å². The molecule has 0 bridgehead atoms. The maximum atomic E-state index is 11.0. The zero-order chi connectivity index (χ0) is 8.58. The van der Waals surface area contributed by atoms with Gasteiger partial charge in [0.15, 0.2) is 0 Å². The summed E-state index contributed by atoms with van der Waals surface area (Å²) in [6, 6.07) is 0. The lowest BCUT2D eigenvalue weighted by molar-refractivity contribution is -0.0754. The second-order valence-electron chi connectivity index (χ2n) is 1.20. The van der Waals surface area contributed by atoms with Crippen molar-refractivity contribution >= 4 is 10.7 Å². The van der Waals surface area contributed by atoms with Gasteiger partial charge in [0.2, 0.25) is 0 Å². The molecule has 0 amide bonds. The van der Waals surface area contributed by atoms with Crippen LogP contribution in [0.5, 0.6) is 0 Å². The van der Waals surface area contributed by atoms with E-state index in [4.69, 9.17) is 4.78 Å². The van der Waals surface area contributed by atoms with Crippen LogP contribution < -0.4 is 0 Å². The summed E-state index contributed by atoms with van der Waals surface area (Å²) in [4.78, 5) is 0. The molecule has 0 aliphatic rings. The molecule has 1 N–H and O–H groups in total. The second-order valence-corrected chi connectivity index (χ2v) is 2.74. The summed E-state index contributed by atoms with van der Waals surface area (Å²) >= 11 is 0. The lowest BCUT2D eigenvalue weighted by Crippen LogP contribution is -2.28. The fourth-order valence-corrected chi connectivity index (χ4v) is 0.394. The van der Waals surface area contributed by atoms with E-state index in [0.29, 0.717) is 0 Å². The zero-order valence-corrected chi connectivity index (χ0v) is 4.99. The molecule has 0 unspecified atom stereocenters. The summed E-state index contributed by atoms with van der Waals surface area (Å²) in [5.74, 6) is 0. The fraction of sp³-hybridized carbons (Fsp3) is 1.00. The Hall–Kier alpha value is -0.270. The monoisotopic (exact) mass is 185 g/mol. The number of nitrogens with one attached hydrogen (secondary N) is 1. The minimum absolute atomic E-state index is 4.25. The van der Waals surface area contributed by atoms with Crippen LogP contribution >= 0.6 is 0 Å². The van der Waals surface area contributed by atoms with Gasteiger partial charge in [0, 0.05) is 0 Å². The maximum Gasteiger partial charge on any atom is 0.460 e. The van der Waals surface area contributed by atoms with Crippen molar-refractivity contribution in [3.05, 3.63) is 0 Å². The molecule has 10 heavy (non-hydrogen) atoms. The van der Waals surface area contributed by atoms with Crippen LogP contribution in [-0.2, 0) is 10.7 Å². The molecule has 0 rings (SSSR count). The van der Waals surface area contributed by atoms with Gasteiger partial charge in [-0.25, -0.2) is 0 Å². The van der Waals surface area contributed by atoms with Gasteiger partial charge in [-0.05, 0) is 0 Å². The zero-order valence-electron chi connectivity index (χ0n) is 4.18. The van der Waals surface area contributed by atoms with Crippen LogP contribution in [0.3, 0.4) is 0 Å². The van der Waals surface area contributed by atoms with Crippen LogP contribution in [0.25, 0.3) is 0 Å². The molecule has 0 spiro atoms. The largest absolute Gasteiger partial charge is 0.460 e. The van der Waals surface area contributed by atoms with Crippen molar-refractivity contribution in [2.45, 2.75) is 11.0 Å². The van der Waals surface area contributed by atoms with Crippen molar-refractivity contribution < 1.29 is 26.3 Å². The summed E-state index contributed by atoms with van der Waals surface area (Å²) in [7, 11) is -4.25. The van der Waals surface area contributed by atoms with Gasteiger partial charge in [-0.1, -0.05) is 0 Å². The molecule has 0 fully saturated rings. The maximum absolute atomic E-state index is 11.0. The first-order chi connectivity index (χ1) is 4.15. The number of alkyl halides is 6. The van der Waals surface area contributed by atoms with E-state index in [1.54, 1.807) is 0 Å². The summed E-state index contributed by atoms with van der Waals surface area (Å²) in [6.07, 6.45) is 0. The quantitative estimate of drug-likeness (QED) is 0.560. The van der Waals surface area contributed by atoms with E-state index in [9.17, 15) is 26.3 Å². The van der Waals surface area contributed by atoms with Crippen LogP contribution in [0.1, 0.15) is 0 Å². The van der Waals surface area contributed by atoms with Gasteiger partial charge in [0.1, 0.15) is 10.7 Å². The fourth-order valence-electron chi connectivity index (χ4n) is 0.131. The third kappa shape index (κ3) is 2.54. The molecule has 1 nitrogen and oxygen atoms in total. The topological polar surface area (TPSA) is 23.9 Å². The third-order valence-electron chi connectivity index (χ3n) is 0.463. The Kier molecular flexibility index (Phi) is 2.34. The Labute approximate surface area is 53.9 Å². The Morgan fingerprint density at radius 3 is 1.00 bits per heavy atom. The minimum Gasteiger partial charge on any atom is -0.265 e. The SMILES string of the molecule is N=S(C(F)(F)F)C(F)(F)F. The standard InChI is InChI=1S/C2HF6NS/c3-1(4,5)10(9)2(6,7)8/h9H. The van der Waals surface area contributed by atoms with Crippen molar-refractivity contribution in [2.24, 2.45) is 0 Å². The lowest BCUT2D eigenvalue weighted by atomic mass is 11.5. The first kappa shape index (κ1) is 9.73. The van der Waals surface area contributed by atoms with E-state index in [2.05, 4.69) is 0 Å². The van der Waals surface area contributed by atoms with Crippen LogP contribution in [0.2, 0.25) is 0 Å². The molecule has 0 aromatic rings. The van der Waals surface area contributed by atoms with Crippen molar-refractivity contribution in [3.63, 3.8) is 0 Å². The van der Waals surface area contributed by atoms with E-state index < -0.39 is 21.7 Å². The molecule has 8 heteroatoms. The third-order valence-corrected chi connectivity index (χ3v) is 1.39. The van der Waals surface area contributed by atoms with Crippen molar-refractivity contribution in [2.75, 3.05) is 0 Å². The molecular weight excluding hydrogens is 184 g/mol. The minimum atomic E-state index is -5.49. The molecule has 62 valence electrons. The highest BCUT2D eigenvalue weighted by Crippen LogP contribution is 2.33. The molecule has 0 atom stereocenters. The molecule has 0 heterocycles. The highest BCUT2D eigenvalue weighted by molar-refractivity contribution is 7.87. The van der Waals surface area contributed by atoms with Gasteiger partial charge >= 0.3 is 11.0 Å². The van der Waals surface area contributed by atoms with E-state index in [1.165, 1.54) is 0 Å². The van der Waals surface area contributed by atoms with Gasteiger partial charge in [-0.2, -0.15) is 26.3 Å². The molecule has 0 aromatic heterocycles. The Balaban J connectivity index is 4.40. The highest BCUT2D eigenvalue weighted by Gasteiger charge is 2.50. The Bertz CT molecular complexity index is 127. The smallest absolute Gasteiger partial charge is 0.265 e. The number of halogens is 6.